The van der Waals surface area contributed by atoms with Crippen molar-refractivity contribution < 1.29 is 9.59 Å². The lowest BCUT2D eigenvalue weighted by Crippen LogP contribution is -2.44. The van der Waals surface area contributed by atoms with Crippen LogP contribution in [0.15, 0.2) is 0 Å². The summed E-state index contributed by atoms with van der Waals surface area (Å²) in [7, 11) is 0. The van der Waals surface area contributed by atoms with E-state index in [1.54, 1.807) is 4.90 Å². The van der Waals surface area contributed by atoms with Gasteiger partial charge in [-0.3, -0.25) is 10.1 Å². The third-order valence-corrected chi connectivity index (χ3v) is 4.43. The number of nitrogens with one attached hydrogen (secondary N) is 1. The number of hydrogen-bond acceptors (Lipinski definition) is 2. The van der Waals surface area contributed by atoms with Crippen LogP contribution in [-0.4, -0.2) is 28.9 Å². The first-order valence-electron chi connectivity index (χ1n) is 8.63. The standard InChI is InChI=1S/C17H32N2O2/c1-4-5-6-7-8-9-10-11-12-13-14-19-16(21)18-15(20)17(19,2)3/h4-14H2,1-3H3,(H,18,20,21). The average Bonchev–Trinajstić information content (AvgIpc) is 2.62. The van der Waals surface area contributed by atoms with Gasteiger partial charge in [0.1, 0.15) is 5.54 Å². The number of carbonyl (C=O) groups is 2. The molecule has 1 heterocycles. The molecule has 122 valence electrons. The Labute approximate surface area is 129 Å². The number of nitrogens with zero attached hydrogens (tertiary/aromatic N) is 1. The molecule has 1 N–H and O–H groups in total. The topological polar surface area (TPSA) is 49.4 Å². The molecular formula is C17H32N2O2. The number of urea groups is 1. The minimum Gasteiger partial charge on any atom is -0.310 e. The molecule has 1 rings (SSSR count). The fourth-order valence-corrected chi connectivity index (χ4v) is 2.83. The van der Waals surface area contributed by atoms with E-state index in [0.29, 0.717) is 6.54 Å². The lowest BCUT2D eigenvalue weighted by atomic mass is 10.0. The molecule has 3 amide bonds. The molecule has 0 aromatic carbocycles. The zero-order chi connectivity index (χ0) is 15.7. The maximum Gasteiger partial charge on any atom is 0.324 e. The van der Waals surface area contributed by atoms with Crippen molar-refractivity contribution in [3.8, 4) is 0 Å². The zero-order valence-electron chi connectivity index (χ0n) is 14.0. The number of rotatable bonds is 11. The number of unbranched alkanes of at least 4 members (excludes halogenated alkanes) is 9. The second-order valence-corrected chi connectivity index (χ2v) is 6.65. The number of hydrogen-bond donors (Lipinski definition) is 1. The second kappa shape index (κ2) is 9.06. The molecule has 0 unspecified atom stereocenters. The predicted octanol–water partition coefficient (Wildman–Crippen LogP) is 4.24. The second-order valence-electron chi connectivity index (χ2n) is 6.65. The van der Waals surface area contributed by atoms with Crippen LogP contribution in [0.1, 0.15) is 85.0 Å². The van der Waals surface area contributed by atoms with Crippen molar-refractivity contribution in [2.24, 2.45) is 0 Å². The lowest BCUT2D eigenvalue weighted by Gasteiger charge is -2.27. The molecule has 0 atom stereocenters. The van der Waals surface area contributed by atoms with Crippen LogP contribution in [0.4, 0.5) is 4.79 Å². The van der Waals surface area contributed by atoms with Crippen molar-refractivity contribution in [3.05, 3.63) is 0 Å². The highest BCUT2D eigenvalue weighted by Crippen LogP contribution is 2.21. The molecule has 1 aliphatic heterocycles. The fourth-order valence-electron chi connectivity index (χ4n) is 2.83. The molecule has 1 saturated heterocycles. The number of carbonyl (C=O) groups excluding carboxylic acids is 2. The third-order valence-electron chi connectivity index (χ3n) is 4.43. The Hall–Kier alpha value is -1.06. The van der Waals surface area contributed by atoms with Gasteiger partial charge < -0.3 is 4.90 Å². The minimum absolute atomic E-state index is 0.181. The maximum absolute atomic E-state index is 11.7. The van der Waals surface area contributed by atoms with Crippen LogP contribution in [0.25, 0.3) is 0 Å². The summed E-state index contributed by atoms with van der Waals surface area (Å²) in [6.45, 7) is 6.55. The minimum atomic E-state index is -0.684. The van der Waals surface area contributed by atoms with Gasteiger partial charge in [-0.15, -0.1) is 0 Å². The number of amides is 3. The lowest BCUT2D eigenvalue weighted by molar-refractivity contribution is -0.125. The molecule has 0 spiro atoms. The van der Waals surface area contributed by atoms with Crippen LogP contribution in [-0.2, 0) is 4.79 Å². The Balaban J connectivity index is 2.02. The number of imide groups is 1. The molecule has 0 aromatic rings. The molecule has 21 heavy (non-hydrogen) atoms. The molecule has 0 bridgehead atoms. The SMILES string of the molecule is CCCCCCCCCCCCN1C(=O)NC(=O)C1(C)C. The zero-order valence-corrected chi connectivity index (χ0v) is 14.0. The van der Waals surface area contributed by atoms with E-state index in [1.807, 2.05) is 13.8 Å². The summed E-state index contributed by atoms with van der Waals surface area (Å²) in [6, 6.07) is -0.235. The van der Waals surface area contributed by atoms with Crippen molar-refractivity contribution in [2.75, 3.05) is 6.54 Å². The van der Waals surface area contributed by atoms with Crippen LogP contribution in [0.5, 0.6) is 0 Å². The van der Waals surface area contributed by atoms with E-state index < -0.39 is 5.54 Å². The van der Waals surface area contributed by atoms with Gasteiger partial charge in [0.2, 0.25) is 0 Å². The van der Waals surface area contributed by atoms with Crippen LogP contribution in [0.3, 0.4) is 0 Å². The van der Waals surface area contributed by atoms with Gasteiger partial charge in [-0.1, -0.05) is 64.7 Å². The molecule has 0 saturated carbocycles. The van der Waals surface area contributed by atoms with Crippen molar-refractivity contribution in [1.82, 2.24) is 10.2 Å². The Morgan fingerprint density at radius 1 is 0.857 bits per heavy atom. The highest BCUT2D eigenvalue weighted by atomic mass is 16.2. The molecule has 0 radical (unpaired) electrons. The first kappa shape index (κ1) is 18.0. The summed E-state index contributed by atoms with van der Waals surface area (Å²) in [5, 5.41) is 2.39. The predicted molar refractivity (Wildman–Crippen MR) is 86.2 cm³/mol. The maximum atomic E-state index is 11.7. The summed E-state index contributed by atoms with van der Waals surface area (Å²) in [5.41, 5.74) is -0.684. The smallest absolute Gasteiger partial charge is 0.310 e. The van der Waals surface area contributed by atoms with E-state index in [4.69, 9.17) is 0 Å². The van der Waals surface area contributed by atoms with Gasteiger partial charge >= 0.3 is 6.03 Å². The van der Waals surface area contributed by atoms with Crippen LogP contribution < -0.4 is 5.32 Å². The van der Waals surface area contributed by atoms with Crippen LogP contribution in [0.2, 0.25) is 0 Å². The van der Waals surface area contributed by atoms with E-state index >= 15 is 0 Å². The van der Waals surface area contributed by atoms with Crippen LogP contribution in [0, 0.1) is 0 Å². The fraction of sp³-hybridized carbons (Fsp3) is 0.882. The quantitative estimate of drug-likeness (QED) is 0.458. The molecule has 0 aliphatic carbocycles. The summed E-state index contributed by atoms with van der Waals surface area (Å²) >= 11 is 0. The normalized spacial score (nSPS) is 17.4. The van der Waals surface area contributed by atoms with E-state index in [1.165, 1.54) is 51.4 Å². The monoisotopic (exact) mass is 296 g/mol. The van der Waals surface area contributed by atoms with Gasteiger partial charge in [-0.05, 0) is 20.3 Å². The summed E-state index contributed by atoms with van der Waals surface area (Å²) in [5.74, 6) is -0.181. The van der Waals surface area contributed by atoms with Gasteiger partial charge in [0.15, 0.2) is 0 Å². The Kier molecular flexibility index (Phi) is 7.76. The van der Waals surface area contributed by atoms with Crippen molar-refractivity contribution in [2.45, 2.75) is 90.5 Å². The Morgan fingerprint density at radius 3 is 1.76 bits per heavy atom. The molecule has 1 fully saturated rings. The summed E-state index contributed by atoms with van der Waals surface area (Å²) < 4.78 is 0. The Morgan fingerprint density at radius 2 is 1.33 bits per heavy atom. The highest BCUT2D eigenvalue weighted by molar-refractivity contribution is 6.06. The molecule has 0 aromatic heterocycles. The van der Waals surface area contributed by atoms with E-state index in [-0.39, 0.29) is 11.9 Å². The molecule has 4 nitrogen and oxygen atoms in total. The highest BCUT2D eigenvalue weighted by Gasteiger charge is 2.44. The largest absolute Gasteiger partial charge is 0.324 e. The van der Waals surface area contributed by atoms with E-state index in [0.717, 1.165) is 12.8 Å². The van der Waals surface area contributed by atoms with Gasteiger partial charge in [0.25, 0.3) is 5.91 Å². The van der Waals surface area contributed by atoms with Gasteiger partial charge in [0.05, 0.1) is 0 Å². The van der Waals surface area contributed by atoms with E-state index in [2.05, 4.69) is 12.2 Å². The molecule has 4 heteroatoms. The summed E-state index contributed by atoms with van der Waals surface area (Å²) in [6.07, 6.45) is 12.8. The molecule has 1 aliphatic rings. The average molecular weight is 296 g/mol. The van der Waals surface area contributed by atoms with Crippen molar-refractivity contribution >= 4 is 11.9 Å². The first-order chi connectivity index (χ1) is 10.00. The van der Waals surface area contributed by atoms with Gasteiger partial charge in [0, 0.05) is 6.54 Å². The van der Waals surface area contributed by atoms with Crippen LogP contribution >= 0.6 is 0 Å². The van der Waals surface area contributed by atoms with Gasteiger partial charge in [-0.25, -0.2) is 4.79 Å². The molecular weight excluding hydrogens is 264 g/mol. The van der Waals surface area contributed by atoms with E-state index in [9.17, 15) is 9.59 Å². The summed E-state index contributed by atoms with van der Waals surface area (Å²) in [4.78, 5) is 25.0. The van der Waals surface area contributed by atoms with Crippen molar-refractivity contribution in [1.29, 1.82) is 0 Å². The van der Waals surface area contributed by atoms with Crippen molar-refractivity contribution in [3.63, 3.8) is 0 Å². The van der Waals surface area contributed by atoms with Gasteiger partial charge in [-0.2, -0.15) is 0 Å². The third kappa shape index (κ3) is 5.68. The Bertz CT molecular complexity index is 340. The first-order valence-corrected chi connectivity index (χ1v) is 8.63.